The van der Waals surface area contributed by atoms with E-state index in [0.717, 1.165) is 23.2 Å². The highest BCUT2D eigenvalue weighted by Gasteiger charge is 2.11. The third-order valence-corrected chi connectivity index (χ3v) is 4.75. The van der Waals surface area contributed by atoms with E-state index in [0.29, 0.717) is 17.0 Å². The van der Waals surface area contributed by atoms with Crippen LogP contribution in [0.15, 0.2) is 58.1 Å². The second kappa shape index (κ2) is 6.49. The first-order chi connectivity index (χ1) is 12.2. The smallest absolute Gasteiger partial charge is 0.262 e. The van der Waals surface area contributed by atoms with Gasteiger partial charge in [-0.2, -0.15) is 16.3 Å². The van der Waals surface area contributed by atoms with Gasteiger partial charge in [0, 0.05) is 17.4 Å². The van der Waals surface area contributed by atoms with Crippen molar-refractivity contribution in [2.24, 2.45) is 0 Å². The summed E-state index contributed by atoms with van der Waals surface area (Å²) in [5.41, 5.74) is 4.20. The molecule has 0 saturated heterocycles. The standard InChI is InChI=1S/C19H16N4OS/c1-2-12-3-5-14(6-4-12)21-19-22-17-16(18(24)23-19)15(7-9-20-17)13-8-10-25-11-13/h3-11H,2H2,1H3,(H2,20,21,22,23,24). The van der Waals surface area contributed by atoms with E-state index in [4.69, 9.17) is 0 Å². The van der Waals surface area contributed by atoms with E-state index in [1.807, 2.05) is 35.0 Å². The highest BCUT2D eigenvalue weighted by atomic mass is 32.1. The quantitative estimate of drug-likeness (QED) is 0.575. The molecule has 2 N–H and O–H groups in total. The molecule has 0 aliphatic rings. The maximum atomic E-state index is 12.6. The third-order valence-electron chi connectivity index (χ3n) is 4.06. The molecule has 25 heavy (non-hydrogen) atoms. The number of anilines is 2. The Morgan fingerprint density at radius 2 is 2.00 bits per heavy atom. The number of rotatable bonds is 4. The van der Waals surface area contributed by atoms with Crippen LogP contribution < -0.4 is 10.9 Å². The normalized spacial score (nSPS) is 10.9. The number of benzene rings is 1. The second-order valence-electron chi connectivity index (χ2n) is 5.66. The summed E-state index contributed by atoms with van der Waals surface area (Å²) in [5, 5.41) is 7.64. The molecule has 5 nitrogen and oxygen atoms in total. The Labute approximate surface area is 148 Å². The summed E-state index contributed by atoms with van der Waals surface area (Å²) in [5.74, 6) is 0.386. The fraction of sp³-hybridized carbons (Fsp3) is 0.105. The van der Waals surface area contributed by atoms with E-state index in [1.165, 1.54) is 5.56 Å². The number of aryl methyl sites for hydroxylation is 1. The van der Waals surface area contributed by atoms with E-state index in [2.05, 4.69) is 39.3 Å². The molecule has 0 bridgehead atoms. The molecule has 0 aliphatic heterocycles. The lowest BCUT2D eigenvalue weighted by Crippen LogP contribution is -2.13. The summed E-state index contributed by atoms with van der Waals surface area (Å²) in [6.45, 7) is 2.11. The number of nitrogens with one attached hydrogen (secondary N) is 2. The zero-order valence-corrected chi connectivity index (χ0v) is 14.4. The van der Waals surface area contributed by atoms with Crippen molar-refractivity contribution in [2.75, 3.05) is 5.32 Å². The van der Waals surface area contributed by atoms with Crippen LogP contribution in [0.5, 0.6) is 0 Å². The summed E-state index contributed by atoms with van der Waals surface area (Å²) in [6.07, 6.45) is 2.67. The Balaban J connectivity index is 1.76. The molecule has 0 atom stereocenters. The van der Waals surface area contributed by atoms with Crippen molar-refractivity contribution in [1.29, 1.82) is 0 Å². The summed E-state index contributed by atoms with van der Waals surface area (Å²) < 4.78 is 0. The van der Waals surface area contributed by atoms with E-state index in [-0.39, 0.29) is 5.56 Å². The lowest BCUT2D eigenvalue weighted by molar-refractivity contribution is 1.13. The van der Waals surface area contributed by atoms with Gasteiger partial charge in [0.2, 0.25) is 5.95 Å². The second-order valence-corrected chi connectivity index (χ2v) is 6.44. The van der Waals surface area contributed by atoms with Gasteiger partial charge in [-0.25, -0.2) is 4.98 Å². The minimum atomic E-state index is -0.202. The number of fused-ring (bicyclic) bond motifs is 1. The predicted molar refractivity (Wildman–Crippen MR) is 103 cm³/mol. The van der Waals surface area contributed by atoms with E-state index in [1.54, 1.807) is 17.5 Å². The van der Waals surface area contributed by atoms with Gasteiger partial charge in [0.15, 0.2) is 5.65 Å². The molecule has 0 aliphatic carbocycles. The van der Waals surface area contributed by atoms with Crippen LogP contribution in [0.2, 0.25) is 0 Å². The van der Waals surface area contributed by atoms with Gasteiger partial charge in [-0.05, 0) is 52.6 Å². The molecule has 3 aromatic heterocycles. The molecule has 0 amide bonds. The summed E-state index contributed by atoms with van der Waals surface area (Å²) in [4.78, 5) is 24.2. The summed E-state index contributed by atoms with van der Waals surface area (Å²) in [6, 6.07) is 11.9. The highest BCUT2D eigenvalue weighted by Crippen LogP contribution is 2.26. The van der Waals surface area contributed by atoms with Crippen LogP contribution >= 0.6 is 11.3 Å². The molecular formula is C19H16N4OS. The number of H-pyrrole nitrogens is 1. The highest BCUT2D eigenvalue weighted by molar-refractivity contribution is 7.08. The van der Waals surface area contributed by atoms with Gasteiger partial charge < -0.3 is 5.32 Å². The molecule has 3 heterocycles. The maximum Gasteiger partial charge on any atom is 0.262 e. The molecule has 0 radical (unpaired) electrons. The average Bonchev–Trinajstić information content (AvgIpc) is 3.16. The molecule has 124 valence electrons. The first-order valence-corrected chi connectivity index (χ1v) is 8.96. The van der Waals surface area contributed by atoms with Crippen molar-refractivity contribution in [3.63, 3.8) is 0 Å². The lowest BCUT2D eigenvalue weighted by Gasteiger charge is -2.08. The minimum Gasteiger partial charge on any atom is -0.326 e. The molecular weight excluding hydrogens is 332 g/mol. The zero-order chi connectivity index (χ0) is 17.2. The molecule has 0 spiro atoms. The van der Waals surface area contributed by atoms with Crippen LogP contribution in [0.3, 0.4) is 0 Å². The molecule has 4 rings (SSSR count). The van der Waals surface area contributed by atoms with Crippen molar-refractivity contribution in [2.45, 2.75) is 13.3 Å². The maximum absolute atomic E-state index is 12.6. The number of hydrogen-bond donors (Lipinski definition) is 2. The van der Waals surface area contributed by atoms with Crippen LogP contribution in [0.4, 0.5) is 11.6 Å². The topological polar surface area (TPSA) is 70.7 Å². The Morgan fingerprint density at radius 1 is 1.16 bits per heavy atom. The largest absolute Gasteiger partial charge is 0.326 e. The number of pyridine rings is 1. The van der Waals surface area contributed by atoms with Crippen LogP contribution in [0.25, 0.3) is 22.2 Å². The molecule has 0 fully saturated rings. The fourth-order valence-electron chi connectivity index (χ4n) is 2.74. The fourth-order valence-corrected chi connectivity index (χ4v) is 3.40. The van der Waals surface area contributed by atoms with E-state index >= 15 is 0 Å². The van der Waals surface area contributed by atoms with Gasteiger partial charge in [0.1, 0.15) is 0 Å². The lowest BCUT2D eigenvalue weighted by atomic mass is 10.1. The average molecular weight is 348 g/mol. The number of nitrogens with zero attached hydrogens (tertiary/aromatic N) is 2. The van der Waals surface area contributed by atoms with Gasteiger partial charge in [-0.15, -0.1) is 0 Å². The van der Waals surface area contributed by atoms with Crippen LogP contribution in [0.1, 0.15) is 12.5 Å². The molecule has 6 heteroatoms. The van der Waals surface area contributed by atoms with Crippen molar-refractivity contribution in [1.82, 2.24) is 15.0 Å². The zero-order valence-electron chi connectivity index (χ0n) is 13.6. The van der Waals surface area contributed by atoms with Crippen molar-refractivity contribution in [3.05, 3.63) is 69.3 Å². The van der Waals surface area contributed by atoms with Crippen molar-refractivity contribution < 1.29 is 0 Å². The van der Waals surface area contributed by atoms with Gasteiger partial charge in [-0.1, -0.05) is 19.1 Å². The number of aromatic nitrogens is 3. The Kier molecular flexibility index (Phi) is 4.03. The molecule has 4 aromatic rings. The number of aromatic amines is 1. The molecule has 1 aromatic carbocycles. The number of hydrogen-bond acceptors (Lipinski definition) is 5. The summed E-state index contributed by atoms with van der Waals surface area (Å²) >= 11 is 1.59. The van der Waals surface area contributed by atoms with E-state index < -0.39 is 0 Å². The molecule has 0 unspecified atom stereocenters. The third kappa shape index (κ3) is 3.04. The van der Waals surface area contributed by atoms with Gasteiger partial charge >= 0.3 is 0 Å². The van der Waals surface area contributed by atoms with E-state index in [9.17, 15) is 4.79 Å². The van der Waals surface area contributed by atoms with Crippen molar-refractivity contribution in [3.8, 4) is 11.1 Å². The van der Waals surface area contributed by atoms with Gasteiger partial charge in [0.05, 0.1) is 5.39 Å². The van der Waals surface area contributed by atoms with Crippen LogP contribution in [-0.2, 0) is 6.42 Å². The van der Waals surface area contributed by atoms with Gasteiger partial charge in [-0.3, -0.25) is 9.78 Å². The summed E-state index contributed by atoms with van der Waals surface area (Å²) in [7, 11) is 0. The first kappa shape index (κ1) is 15.5. The van der Waals surface area contributed by atoms with Gasteiger partial charge in [0.25, 0.3) is 5.56 Å². The Bertz CT molecular complexity index is 1070. The monoisotopic (exact) mass is 348 g/mol. The molecule has 0 saturated carbocycles. The van der Waals surface area contributed by atoms with Crippen LogP contribution in [0, 0.1) is 0 Å². The van der Waals surface area contributed by atoms with Crippen LogP contribution in [-0.4, -0.2) is 15.0 Å². The predicted octanol–water partition coefficient (Wildman–Crippen LogP) is 4.35. The Hall–Kier alpha value is -2.99. The SMILES string of the molecule is CCc1ccc(Nc2nc3nccc(-c4ccsc4)c3c(=O)[nH]2)cc1. The first-order valence-electron chi connectivity index (χ1n) is 8.02. The van der Waals surface area contributed by atoms with Crippen molar-refractivity contribution >= 4 is 34.0 Å². The Morgan fingerprint density at radius 3 is 2.72 bits per heavy atom. The minimum absolute atomic E-state index is 0.202. The number of thiophene rings is 1.